The van der Waals surface area contributed by atoms with Crippen LogP contribution in [0.3, 0.4) is 0 Å². The van der Waals surface area contributed by atoms with Crippen molar-refractivity contribution in [1.29, 1.82) is 0 Å². The highest BCUT2D eigenvalue weighted by Gasteiger charge is 2.09. The molecule has 0 aliphatic heterocycles. The van der Waals surface area contributed by atoms with Gasteiger partial charge in [0.15, 0.2) is 0 Å². The second-order valence-corrected chi connectivity index (χ2v) is 4.62. The van der Waals surface area contributed by atoms with Gasteiger partial charge in [0.25, 0.3) is 0 Å². The summed E-state index contributed by atoms with van der Waals surface area (Å²) >= 11 is 0. The first-order chi connectivity index (χ1) is 8.74. The number of hydrogen-bond acceptors (Lipinski definition) is 1. The van der Waals surface area contributed by atoms with E-state index in [0.717, 1.165) is 17.3 Å². The van der Waals surface area contributed by atoms with E-state index in [9.17, 15) is 5.11 Å². The molecule has 2 heteroatoms. The standard InChI is InChI=1S/C16H15NO/c1-11-14(9-12-5-3-2-4-6-12)15-10-13(18)7-8-16(15)17-11/h2-8,10,17-18H,9H2,1H3. The molecule has 90 valence electrons. The van der Waals surface area contributed by atoms with Gasteiger partial charge in [-0.1, -0.05) is 30.3 Å². The van der Waals surface area contributed by atoms with Crippen molar-refractivity contribution < 1.29 is 5.11 Å². The monoisotopic (exact) mass is 237 g/mol. The highest BCUT2D eigenvalue weighted by molar-refractivity contribution is 5.86. The summed E-state index contributed by atoms with van der Waals surface area (Å²) in [6.07, 6.45) is 0.885. The molecule has 2 N–H and O–H groups in total. The average molecular weight is 237 g/mol. The Morgan fingerprint density at radius 1 is 1.06 bits per heavy atom. The molecule has 0 radical (unpaired) electrons. The van der Waals surface area contributed by atoms with Gasteiger partial charge in [0.2, 0.25) is 0 Å². The van der Waals surface area contributed by atoms with Gasteiger partial charge < -0.3 is 10.1 Å². The van der Waals surface area contributed by atoms with Gasteiger partial charge >= 0.3 is 0 Å². The number of H-pyrrole nitrogens is 1. The number of fused-ring (bicyclic) bond motifs is 1. The molecule has 0 atom stereocenters. The molecule has 0 saturated heterocycles. The summed E-state index contributed by atoms with van der Waals surface area (Å²) in [5, 5.41) is 10.7. The second kappa shape index (κ2) is 4.22. The van der Waals surface area contributed by atoms with Gasteiger partial charge in [-0.25, -0.2) is 0 Å². The van der Waals surface area contributed by atoms with Crippen LogP contribution in [0.25, 0.3) is 10.9 Å². The van der Waals surface area contributed by atoms with Crippen LogP contribution in [0, 0.1) is 6.92 Å². The smallest absolute Gasteiger partial charge is 0.116 e. The summed E-state index contributed by atoms with van der Waals surface area (Å²) < 4.78 is 0. The molecule has 2 nitrogen and oxygen atoms in total. The minimum Gasteiger partial charge on any atom is -0.508 e. The second-order valence-electron chi connectivity index (χ2n) is 4.62. The van der Waals surface area contributed by atoms with Crippen molar-refractivity contribution in [3.05, 3.63) is 65.4 Å². The van der Waals surface area contributed by atoms with Crippen LogP contribution in [0.5, 0.6) is 5.75 Å². The molecule has 0 aliphatic rings. The van der Waals surface area contributed by atoms with Gasteiger partial charge in [0, 0.05) is 16.6 Å². The van der Waals surface area contributed by atoms with Gasteiger partial charge in [-0.2, -0.15) is 0 Å². The molecule has 0 spiro atoms. The fourth-order valence-corrected chi connectivity index (χ4v) is 2.40. The fourth-order valence-electron chi connectivity index (χ4n) is 2.40. The molecular weight excluding hydrogens is 222 g/mol. The van der Waals surface area contributed by atoms with Crippen molar-refractivity contribution in [3.8, 4) is 5.75 Å². The number of aryl methyl sites for hydroxylation is 1. The molecule has 3 rings (SSSR count). The number of aromatic nitrogens is 1. The Hall–Kier alpha value is -2.22. The Labute approximate surface area is 106 Å². The Kier molecular flexibility index (Phi) is 2.56. The lowest BCUT2D eigenvalue weighted by Gasteiger charge is -2.02. The summed E-state index contributed by atoms with van der Waals surface area (Å²) in [6.45, 7) is 2.08. The molecule has 0 saturated carbocycles. The Bertz CT molecular complexity index is 683. The highest BCUT2D eigenvalue weighted by Crippen LogP contribution is 2.27. The maximum atomic E-state index is 9.62. The molecule has 0 unspecified atom stereocenters. The molecule has 0 fully saturated rings. The number of phenolic OH excluding ortho intramolecular Hbond substituents is 1. The van der Waals surface area contributed by atoms with Gasteiger partial charge in [0.05, 0.1) is 0 Å². The average Bonchev–Trinajstić information content (AvgIpc) is 2.67. The lowest BCUT2D eigenvalue weighted by atomic mass is 10.0. The van der Waals surface area contributed by atoms with E-state index in [0.29, 0.717) is 5.75 Å². The number of phenols is 1. The summed E-state index contributed by atoms with van der Waals surface area (Å²) in [7, 11) is 0. The lowest BCUT2D eigenvalue weighted by Crippen LogP contribution is -1.88. The quantitative estimate of drug-likeness (QED) is 0.699. The van der Waals surface area contributed by atoms with Crippen LogP contribution in [0.2, 0.25) is 0 Å². The van der Waals surface area contributed by atoms with E-state index < -0.39 is 0 Å². The normalized spacial score (nSPS) is 10.9. The number of rotatable bonds is 2. The van der Waals surface area contributed by atoms with E-state index in [1.165, 1.54) is 16.8 Å². The molecule has 18 heavy (non-hydrogen) atoms. The van der Waals surface area contributed by atoms with Crippen molar-refractivity contribution in [2.75, 3.05) is 0 Å². The lowest BCUT2D eigenvalue weighted by molar-refractivity contribution is 0.476. The highest BCUT2D eigenvalue weighted by atomic mass is 16.3. The van der Waals surface area contributed by atoms with E-state index in [1.807, 2.05) is 18.2 Å². The van der Waals surface area contributed by atoms with E-state index >= 15 is 0 Å². The first kappa shape index (κ1) is 10.9. The van der Waals surface area contributed by atoms with Crippen LogP contribution in [0.1, 0.15) is 16.8 Å². The van der Waals surface area contributed by atoms with Gasteiger partial charge in [-0.05, 0) is 42.7 Å². The van der Waals surface area contributed by atoms with Crippen LogP contribution in [0.15, 0.2) is 48.5 Å². The van der Waals surface area contributed by atoms with Gasteiger partial charge in [0.1, 0.15) is 5.75 Å². The third kappa shape index (κ3) is 1.86. The largest absolute Gasteiger partial charge is 0.508 e. The minimum atomic E-state index is 0.316. The van der Waals surface area contributed by atoms with E-state index in [2.05, 4.69) is 36.2 Å². The van der Waals surface area contributed by atoms with Gasteiger partial charge in [-0.3, -0.25) is 0 Å². The number of benzene rings is 2. The summed E-state index contributed by atoms with van der Waals surface area (Å²) in [5.74, 6) is 0.316. The molecular formula is C16H15NO. The van der Waals surface area contributed by atoms with E-state index in [1.54, 1.807) is 6.07 Å². The molecule has 3 aromatic rings. The molecule has 0 amide bonds. The predicted molar refractivity (Wildman–Crippen MR) is 73.9 cm³/mol. The maximum Gasteiger partial charge on any atom is 0.116 e. The zero-order valence-electron chi connectivity index (χ0n) is 10.3. The van der Waals surface area contributed by atoms with Crippen molar-refractivity contribution >= 4 is 10.9 Å². The third-order valence-corrected chi connectivity index (χ3v) is 3.33. The molecule has 1 heterocycles. The van der Waals surface area contributed by atoms with E-state index in [-0.39, 0.29) is 0 Å². The molecule has 0 aliphatic carbocycles. The topological polar surface area (TPSA) is 36.0 Å². The van der Waals surface area contributed by atoms with Gasteiger partial charge in [-0.15, -0.1) is 0 Å². The number of nitrogens with one attached hydrogen (secondary N) is 1. The molecule has 2 aromatic carbocycles. The third-order valence-electron chi connectivity index (χ3n) is 3.33. The van der Waals surface area contributed by atoms with Crippen LogP contribution < -0.4 is 0 Å². The fraction of sp³-hybridized carbons (Fsp3) is 0.125. The van der Waals surface area contributed by atoms with E-state index in [4.69, 9.17) is 0 Å². The van der Waals surface area contributed by atoms with Crippen molar-refractivity contribution in [2.24, 2.45) is 0 Å². The SMILES string of the molecule is Cc1[nH]c2ccc(O)cc2c1Cc1ccccc1. The Morgan fingerprint density at radius 3 is 2.61 bits per heavy atom. The number of aromatic hydroxyl groups is 1. The Morgan fingerprint density at radius 2 is 1.83 bits per heavy atom. The zero-order valence-corrected chi connectivity index (χ0v) is 10.3. The Balaban J connectivity index is 2.11. The molecule has 0 bridgehead atoms. The van der Waals surface area contributed by atoms with Crippen LogP contribution in [0.4, 0.5) is 0 Å². The number of hydrogen-bond donors (Lipinski definition) is 2. The van der Waals surface area contributed by atoms with Crippen molar-refractivity contribution in [2.45, 2.75) is 13.3 Å². The summed E-state index contributed by atoms with van der Waals surface area (Å²) in [6, 6.07) is 15.8. The summed E-state index contributed by atoms with van der Waals surface area (Å²) in [4.78, 5) is 3.36. The summed E-state index contributed by atoms with van der Waals surface area (Å²) in [5.41, 5.74) is 4.78. The van der Waals surface area contributed by atoms with Crippen LogP contribution in [-0.4, -0.2) is 10.1 Å². The predicted octanol–water partition coefficient (Wildman–Crippen LogP) is 3.77. The zero-order chi connectivity index (χ0) is 12.5. The van der Waals surface area contributed by atoms with Crippen molar-refractivity contribution in [3.63, 3.8) is 0 Å². The number of aromatic amines is 1. The minimum absolute atomic E-state index is 0.316. The van der Waals surface area contributed by atoms with Crippen molar-refractivity contribution in [1.82, 2.24) is 4.98 Å². The first-order valence-corrected chi connectivity index (χ1v) is 6.08. The van der Waals surface area contributed by atoms with Crippen LogP contribution >= 0.6 is 0 Å². The maximum absolute atomic E-state index is 9.62. The van der Waals surface area contributed by atoms with Crippen LogP contribution in [-0.2, 0) is 6.42 Å². The first-order valence-electron chi connectivity index (χ1n) is 6.08. The molecule has 1 aromatic heterocycles.